The maximum atomic E-state index is 13.4. The van der Waals surface area contributed by atoms with Gasteiger partial charge in [-0.3, -0.25) is 0 Å². The molecule has 0 aliphatic carbocycles. The molecule has 5 atom stereocenters. The molecule has 1 saturated heterocycles. The monoisotopic (exact) mass is 570 g/mol. The first-order chi connectivity index (χ1) is 20.1. The first kappa shape index (κ1) is 28.6. The van der Waals surface area contributed by atoms with Gasteiger partial charge >= 0.3 is 11.9 Å². The topological polar surface area (TPSA) is 91.3 Å². The van der Waals surface area contributed by atoms with Crippen LogP contribution in [-0.4, -0.2) is 53.5 Å². The molecule has 1 N–H and O–H groups in total. The number of aliphatic hydroxyl groups is 1. The molecule has 1 fully saturated rings. The molecule has 210 valence electrons. The van der Waals surface area contributed by atoms with E-state index in [1.165, 1.54) is 11.8 Å². The third-order valence-electron chi connectivity index (χ3n) is 6.56. The van der Waals surface area contributed by atoms with Crippen molar-refractivity contribution < 1.29 is 33.6 Å². The molecule has 0 spiro atoms. The number of aliphatic hydroxyl groups excluding tert-OH is 1. The van der Waals surface area contributed by atoms with Crippen molar-refractivity contribution in [3.05, 3.63) is 138 Å². The zero-order chi connectivity index (χ0) is 28.4. The molecule has 0 unspecified atom stereocenters. The summed E-state index contributed by atoms with van der Waals surface area (Å²) in [4.78, 5) is 27.6. The molecule has 4 aromatic carbocycles. The summed E-state index contributed by atoms with van der Waals surface area (Å²) < 4.78 is 24.7. The summed E-state index contributed by atoms with van der Waals surface area (Å²) >= 11 is 1.31. The Morgan fingerprint density at radius 2 is 1.15 bits per heavy atom. The minimum absolute atomic E-state index is 0.167. The zero-order valence-electron chi connectivity index (χ0n) is 22.2. The van der Waals surface area contributed by atoms with Crippen molar-refractivity contribution in [2.75, 3.05) is 6.61 Å². The van der Waals surface area contributed by atoms with Crippen LogP contribution in [0.3, 0.4) is 0 Å². The smallest absolute Gasteiger partial charge is 0.338 e. The van der Waals surface area contributed by atoms with Crippen molar-refractivity contribution in [2.24, 2.45) is 0 Å². The number of rotatable bonds is 10. The summed E-state index contributed by atoms with van der Waals surface area (Å²) in [6.07, 6.45) is -3.95. The normalized spacial score (nSPS) is 22.0. The third-order valence-corrected chi connectivity index (χ3v) is 7.71. The third kappa shape index (κ3) is 7.42. The molecule has 5 rings (SSSR count). The summed E-state index contributed by atoms with van der Waals surface area (Å²) in [7, 11) is 0. The lowest BCUT2D eigenvalue weighted by atomic mass is 9.99. The molecule has 7 nitrogen and oxygen atoms in total. The average Bonchev–Trinajstić information content (AvgIpc) is 3.03. The van der Waals surface area contributed by atoms with Gasteiger partial charge in [0.05, 0.1) is 24.3 Å². The van der Waals surface area contributed by atoms with Gasteiger partial charge in [-0.05, 0) is 42.0 Å². The number of carbonyl (C=O) groups is 2. The summed E-state index contributed by atoms with van der Waals surface area (Å²) in [6, 6.07) is 36.1. The molecule has 1 aliphatic rings. The van der Waals surface area contributed by atoms with Gasteiger partial charge in [-0.1, -0.05) is 96.7 Å². The number of thioether (sulfide) groups is 1. The Hall–Kier alpha value is -3.95. The minimum Gasteiger partial charge on any atom is -0.452 e. The number of hydrogen-bond donors (Lipinski definition) is 1. The molecule has 1 aliphatic heterocycles. The molecular weight excluding hydrogens is 540 g/mol. The second-order valence-electron chi connectivity index (χ2n) is 9.39. The van der Waals surface area contributed by atoms with Crippen molar-refractivity contribution in [3.8, 4) is 0 Å². The molecule has 0 aromatic heterocycles. The van der Waals surface area contributed by atoms with Crippen LogP contribution in [0.5, 0.6) is 0 Å². The Balaban J connectivity index is 1.51. The van der Waals surface area contributed by atoms with Gasteiger partial charge < -0.3 is 24.1 Å². The lowest BCUT2D eigenvalue weighted by molar-refractivity contribution is -0.224. The Morgan fingerprint density at radius 3 is 1.68 bits per heavy atom. The van der Waals surface area contributed by atoms with Crippen molar-refractivity contribution in [2.45, 2.75) is 41.4 Å². The van der Waals surface area contributed by atoms with E-state index in [1.807, 2.05) is 60.7 Å². The van der Waals surface area contributed by atoms with Crippen molar-refractivity contribution in [1.82, 2.24) is 0 Å². The highest BCUT2D eigenvalue weighted by molar-refractivity contribution is 7.99. The fourth-order valence-electron chi connectivity index (χ4n) is 4.51. The van der Waals surface area contributed by atoms with Crippen LogP contribution < -0.4 is 0 Å². The quantitative estimate of drug-likeness (QED) is 0.249. The molecule has 0 saturated carbocycles. The average molecular weight is 571 g/mol. The van der Waals surface area contributed by atoms with Crippen LogP contribution in [0, 0.1) is 0 Å². The van der Waals surface area contributed by atoms with Crippen LogP contribution in [0.15, 0.2) is 126 Å². The van der Waals surface area contributed by atoms with E-state index >= 15 is 0 Å². The van der Waals surface area contributed by atoms with Gasteiger partial charge in [-0.15, -0.1) is 0 Å². The lowest BCUT2D eigenvalue weighted by Crippen LogP contribution is -2.61. The molecule has 0 bridgehead atoms. The number of hydrogen-bond acceptors (Lipinski definition) is 8. The van der Waals surface area contributed by atoms with E-state index in [-0.39, 0.29) is 6.61 Å². The maximum Gasteiger partial charge on any atom is 0.338 e. The Morgan fingerprint density at radius 1 is 0.659 bits per heavy atom. The van der Waals surface area contributed by atoms with Crippen LogP contribution in [-0.2, 0) is 25.6 Å². The predicted molar refractivity (Wildman–Crippen MR) is 154 cm³/mol. The van der Waals surface area contributed by atoms with E-state index < -0.39 is 48.4 Å². The summed E-state index contributed by atoms with van der Waals surface area (Å²) in [5, 5.41) is 10.4. The summed E-state index contributed by atoms with van der Waals surface area (Å²) in [6.45, 7) is -0.232. The number of ether oxygens (including phenoxy) is 4. The molecule has 1 heterocycles. The second-order valence-corrected chi connectivity index (χ2v) is 10.6. The lowest BCUT2D eigenvalue weighted by Gasteiger charge is -2.44. The van der Waals surface area contributed by atoms with Gasteiger partial charge in [0, 0.05) is 4.90 Å². The van der Waals surface area contributed by atoms with Crippen molar-refractivity contribution in [1.29, 1.82) is 0 Å². The molecule has 0 radical (unpaired) electrons. The van der Waals surface area contributed by atoms with E-state index in [0.29, 0.717) is 11.1 Å². The van der Waals surface area contributed by atoms with Gasteiger partial charge in [0.15, 0.2) is 12.2 Å². The van der Waals surface area contributed by atoms with Gasteiger partial charge in [-0.25, -0.2) is 9.59 Å². The Labute approximate surface area is 243 Å². The maximum absolute atomic E-state index is 13.4. The molecule has 8 heteroatoms. The van der Waals surface area contributed by atoms with Crippen LogP contribution in [0.1, 0.15) is 26.3 Å². The fraction of sp³-hybridized carbons (Fsp3) is 0.212. The van der Waals surface area contributed by atoms with Gasteiger partial charge in [0.25, 0.3) is 0 Å². The van der Waals surface area contributed by atoms with E-state index in [4.69, 9.17) is 18.9 Å². The van der Waals surface area contributed by atoms with Crippen LogP contribution >= 0.6 is 11.8 Å². The first-order valence-corrected chi connectivity index (χ1v) is 14.2. The largest absolute Gasteiger partial charge is 0.452 e. The van der Waals surface area contributed by atoms with Crippen LogP contribution in [0.25, 0.3) is 0 Å². The highest BCUT2D eigenvalue weighted by Crippen LogP contribution is 2.38. The number of esters is 2. The van der Waals surface area contributed by atoms with E-state index in [1.54, 1.807) is 60.7 Å². The van der Waals surface area contributed by atoms with Gasteiger partial charge in [0.1, 0.15) is 17.6 Å². The number of benzene rings is 4. The molecule has 0 amide bonds. The van der Waals surface area contributed by atoms with Crippen LogP contribution in [0.2, 0.25) is 0 Å². The molecular formula is C33H30O7S. The van der Waals surface area contributed by atoms with E-state index in [0.717, 1.165) is 10.5 Å². The fourth-order valence-corrected chi connectivity index (χ4v) is 5.64. The number of carbonyl (C=O) groups excluding carboxylic acids is 2. The van der Waals surface area contributed by atoms with Crippen molar-refractivity contribution >= 4 is 23.7 Å². The van der Waals surface area contributed by atoms with Crippen molar-refractivity contribution in [3.63, 3.8) is 0 Å². The standard InChI is InChI=1S/C33H30O7S/c34-21-27-28(37-22-23-13-5-1-6-14-23)29(39-31(35)24-15-7-2-8-16-24)30(40-32(36)25-17-9-3-10-18-25)33(38-27)41-26-19-11-4-12-20-26/h1-20,27-30,33-34H,21-22H2/t27-,28+,29+,30-,33+/m1/s1. The minimum atomic E-state index is -1.09. The highest BCUT2D eigenvalue weighted by Gasteiger charge is 2.51. The summed E-state index contributed by atoms with van der Waals surface area (Å²) in [5.74, 6) is -1.20. The second kappa shape index (κ2) is 14.1. The molecule has 4 aromatic rings. The Bertz CT molecular complexity index is 1390. The Kier molecular flexibility index (Phi) is 9.82. The van der Waals surface area contributed by atoms with Gasteiger partial charge in [-0.2, -0.15) is 0 Å². The summed E-state index contributed by atoms with van der Waals surface area (Å²) in [5.41, 5.74) is 0.750. The molecule has 41 heavy (non-hydrogen) atoms. The first-order valence-electron chi connectivity index (χ1n) is 13.3. The van der Waals surface area contributed by atoms with Gasteiger partial charge in [0.2, 0.25) is 0 Å². The van der Waals surface area contributed by atoms with Crippen LogP contribution in [0.4, 0.5) is 0 Å². The van der Waals surface area contributed by atoms with E-state index in [2.05, 4.69) is 0 Å². The van der Waals surface area contributed by atoms with E-state index in [9.17, 15) is 14.7 Å². The predicted octanol–water partition coefficient (Wildman–Crippen LogP) is 5.53. The SMILES string of the molecule is O=C(O[C@H]1[C@@H](OCc2ccccc2)[C@@H](CO)O[C@@H](Sc2ccccc2)[C@@H]1OC(=O)c1ccccc1)c1ccccc1. The highest BCUT2D eigenvalue weighted by atomic mass is 32.2. The zero-order valence-corrected chi connectivity index (χ0v) is 23.0.